The lowest BCUT2D eigenvalue weighted by Crippen LogP contribution is -2.08. The molecule has 0 saturated carbocycles. The van der Waals surface area contributed by atoms with Crippen molar-refractivity contribution in [1.82, 2.24) is 0 Å². The number of nitrogens with two attached hydrogens (primary N) is 1. The van der Waals surface area contributed by atoms with Crippen LogP contribution in [-0.4, -0.2) is 0 Å². The summed E-state index contributed by atoms with van der Waals surface area (Å²) in [5.74, 6) is 0. The average molecular weight is 407 g/mol. The zero-order chi connectivity index (χ0) is 14.6. The fourth-order valence-electron chi connectivity index (χ4n) is 2.54. The molecule has 3 heteroatoms. The van der Waals surface area contributed by atoms with Gasteiger partial charge in [-0.05, 0) is 46.0 Å². The van der Waals surface area contributed by atoms with Gasteiger partial charge in [0.25, 0.3) is 0 Å². The summed E-state index contributed by atoms with van der Waals surface area (Å²) in [7, 11) is 0. The van der Waals surface area contributed by atoms with Crippen LogP contribution in [-0.2, 0) is 0 Å². The van der Waals surface area contributed by atoms with E-state index in [0.717, 1.165) is 6.42 Å². The van der Waals surface area contributed by atoms with Crippen molar-refractivity contribution in [2.24, 2.45) is 5.73 Å². The summed E-state index contributed by atoms with van der Waals surface area (Å²) < 4.78 is 1.34. The molecule has 0 aromatic carbocycles. The lowest BCUT2D eigenvalue weighted by Gasteiger charge is -2.09. The smallest absolute Gasteiger partial charge is 0.0656 e. The molecule has 0 saturated heterocycles. The van der Waals surface area contributed by atoms with Gasteiger partial charge < -0.3 is 5.73 Å². The second kappa shape index (κ2) is 12.0. The van der Waals surface area contributed by atoms with Gasteiger partial charge in [0.05, 0.1) is 2.88 Å². The van der Waals surface area contributed by atoms with Crippen LogP contribution in [0.3, 0.4) is 0 Å². The highest BCUT2D eigenvalue weighted by Gasteiger charge is 2.07. The summed E-state index contributed by atoms with van der Waals surface area (Å²) in [6.07, 6.45) is 15.1. The van der Waals surface area contributed by atoms with Crippen molar-refractivity contribution in [2.45, 2.75) is 83.6 Å². The normalized spacial score (nSPS) is 12.8. The molecule has 0 fully saturated rings. The first-order valence-corrected chi connectivity index (χ1v) is 10.2. The summed E-state index contributed by atoms with van der Waals surface area (Å²) in [4.78, 5) is 0. The van der Waals surface area contributed by atoms with Crippen LogP contribution in [0.1, 0.15) is 89.2 Å². The molecule has 0 aliphatic heterocycles. The fourth-order valence-corrected chi connectivity index (χ4v) is 3.97. The van der Waals surface area contributed by atoms with Crippen molar-refractivity contribution in [3.63, 3.8) is 0 Å². The topological polar surface area (TPSA) is 26.0 Å². The molecule has 20 heavy (non-hydrogen) atoms. The Hall–Kier alpha value is 0.390. The molecule has 0 amide bonds. The second-order valence-electron chi connectivity index (χ2n) is 5.76. The lowest BCUT2D eigenvalue weighted by atomic mass is 10.0. The highest BCUT2D eigenvalue weighted by molar-refractivity contribution is 14.1. The molecular formula is C17H30INS. The van der Waals surface area contributed by atoms with E-state index in [1.54, 1.807) is 11.3 Å². The molecule has 0 bridgehead atoms. The lowest BCUT2D eigenvalue weighted by molar-refractivity contribution is 0.529. The fraction of sp³-hybridized carbons (Fsp3) is 0.765. The van der Waals surface area contributed by atoms with Gasteiger partial charge in [0.2, 0.25) is 0 Å². The van der Waals surface area contributed by atoms with Crippen LogP contribution in [0.4, 0.5) is 0 Å². The van der Waals surface area contributed by atoms with Gasteiger partial charge in [0.1, 0.15) is 0 Å². The summed E-state index contributed by atoms with van der Waals surface area (Å²) in [5.41, 5.74) is 7.55. The SMILES string of the molecule is CCCCCCCCCCCCC(N)c1csc(I)c1. The minimum absolute atomic E-state index is 0.254. The maximum atomic E-state index is 6.22. The Labute approximate surface area is 142 Å². The maximum absolute atomic E-state index is 6.22. The Balaban J connectivity index is 1.89. The van der Waals surface area contributed by atoms with Gasteiger partial charge in [-0.2, -0.15) is 0 Å². The monoisotopic (exact) mass is 407 g/mol. The van der Waals surface area contributed by atoms with Gasteiger partial charge in [-0.25, -0.2) is 0 Å². The average Bonchev–Trinajstić information content (AvgIpc) is 2.87. The van der Waals surface area contributed by atoms with Crippen LogP contribution in [0.15, 0.2) is 11.4 Å². The van der Waals surface area contributed by atoms with E-state index in [1.807, 2.05) is 0 Å². The third-order valence-electron chi connectivity index (χ3n) is 3.88. The minimum atomic E-state index is 0.254. The van der Waals surface area contributed by atoms with E-state index >= 15 is 0 Å². The van der Waals surface area contributed by atoms with Crippen LogP contribution in [0.25, 0.3) is 0 Å². The Morgan fingerprint density at radius 1 is 1.00 bits per heavy atom. The summed E-state index contributed by atoms with van der Waals surface area (Å²) >= 11 is 4.17. The number of rotatable bonds is 12. The summed E-state index contributed by atoms with van der Waals surface area (Å²) in [6.45, 7) is 2.28. The van der Waals surface area contributed by atoms with E-state index in [9.17, 15) is 0 Å². The van der Waals surface area contributed by atoms with Gasteiger partial charge in [0.15, 0.2) is 0 Å². The Morgan fingerprint density at radius 2 is 1.55 bits per heavy atom. The molecule has 1 atom stereocenters. The number of thiophene rings is 1. The van der Waals surface area contributed by atoms with Crippen LogP contribution >= 0.6 is 33.9 Å². The zero-order valence-electron chi connectivity index (χ0n) is 12.9. The van der Waals surface area contributed by atoms with E-state index in [0.29, 0.717) is 0 Å². The molecule has 0 radical (unpaired) electrons. The highest BCUT2D eigenvalue weighted by atomic mass is 127. The van der Waals surface area contributed by atoms with E-state index < -0.39 is 0 Å². The van der Waals surface area contributed by atoms with Gasteiger partial charge in [-0.1, -0.05) is 71.1 Å². The second-order valence-corrected chi connectivity index (χ2v) is 8.57. The van der Waals surface area contributed by atoms with Gasteiger partial charge in [-0.15, -0.1) is 11.3 Å². The quantitative estimate of drug-likeness (QED) is 0.304. The van der Waals surface area contributed by atoms with Crippen molar-refractivity contribution >= 4 is 33.9 Å². The maximum Gasteiger partial charge on any atom is 0.0656 e. The van der Waals surface area contributed by atoms with Crippen molar-refractivity contribution in [3.8, 4) is 0 Å². The van der Waals surface area contributed by atoms with E-state index in [-0.39, 0.29) is 6.04 Å². The first-order chi connectivity index (χ1) is 9.74. The minimum Gasteiger partial charge on any atom is -0.324 e. The molecule has 1 nitrogen and oxygen atoms in total. The molecule has 2 N–H and O–H groups in total. The zero-order valence-corrected chi connectivity index (χ0v) is 15.8. The predicted molar refractivity (Wildman–Crippen MR) is 100 cm³/mol. The molecule has 116 valence electrons. The van der Waals surface area contributed by atoms with Gasteiger partial charge in [0, 0.05) is 6.04 Å². The third kappa shape index (κ3) is 8.63. The van der Waals surface area contributed by atoms with Gasteiger partial charge in [-0.3, -0.25) is 0 Å². The van der Waals surface area contributed by atoms with Crippen LogP contribution in [0.5, 0.6) is 0 Å². The molecule has 0 aliphatic carbocycles. The largest absolute Gasteiger partial charge is 0.324 e. The van der Waals surface area contributed by atoms with Gasteiger partial charge >= 0.3 is 0 Å². The van der Waals surface area contributed by atoms with E-state index in [4.69, 9.17) is 5.73 Å². The van der Waals surface area contributed by atoms with Crippen molar-refractivity contribution in [2.75, 3.05) is 0 Å². The molecule has 0 spiro atoms. The van der Waals surface area contributed by atoms with E-state index in [1.165, 1.54) is 72.7 Å². The molecule has 1 rings (SSSR count). The number of hydrogen-bond acceptors (Lipinski definition) is 2. The molecule has 0 aliphatic rings. The van der Waals surface area contributed by atoms with E-state index in [2.05, 4.69) is 41.0 Å². The highest BCUT2D eigenvalue weighted by Crippen LogP contribution is 2.24. The van der Waals surface area contributed by atoms with Crippen LogP contribution in [0.2, 0.25) is 0 Å². The summed E-state index contributed by atoms with van der Waals surface area (Å²) in [5, 5.41) is 2.21. The predicted octanol–water partition coefficient (Wildman–Crippen LogP) is 6.66. The molecule has 1 unspecified atom stereocenters. The molecular weight excluding hydrogens is 377 g/mol. The Bertz CT molecular complexity index is 337. The first kappa shape index (κ1) is 18.4. The van der Waals surface area contributed by atoms with Crippen LogP contribution < -0.4 is 5.73 Å². The van der Waals surface area contributed by atoms with Crippen molar-refractivity contribution in [3.05, 3.63) is 19.9 Å². The number of halogens is 1. The van der Waals surface area contributed by atoms with Crippen LogP contribution in [0, 0.1) is 2.88 Å². The first-order valence-electron chi connectivity index (χ1n) is 8.23. The Morgan fingerprint density at radius 3 is 2.05 bits per heavy atom. The van der Waals surface area contributed by atoms with Crippen molar-refractivity contribution in [1.29, 1.82) is 0 Å². The third-order valence-corrected chi connectivity index (χ3v) is 5.69. The number of hydrogen-bond donors (Lipinski definition) is 1. The number of unbranched alkanes of at least 4 members (excludes halogenated alkanes) is 9. The van der Waals surface area contributed by atoms with Crippen molar-refractivity contribution < 1.29 is 0 Å². The molecule has 1 aromatic heterocycles. The molecule has 1 heterocycles. The molecule has 1 aromatic rings. The standard InChI is InChI=1S/C17H30INS/c1-2-3-4-5-6-7-8-9-10-11-12-16(19)15-13-17(18)20-14-15/h13-14,16H,2-12,19H2,1H3. The Kier molecular flexibility index (Phi) is 11.1. The summed E-state index contributed by atoms with van der Waals surface area (Å²) in [6, 6.07) is 2.48.